The van der Waals surface area contributed by atoms with Gasteiger partial charge in [0.2, 0.25) is 11.8 Å². The first-order valence-corrected chi connectivity index (χ1v) is 10.5. The standard InChI is InChI=1S/C21H24FN3O2S/c1-28-19-4-2-3-18(13-19)24-21(27)15-9-11-25(12-10-15)14-20(26)23-17-7-5-16(22)6-8-17/h2-8,13,15H,9-12,14H2,1H3,(H,23,26)(H,24,27). The number of halogens is 1. The minimum Gasteiger partial charge on any atom is -0.326 e. The summed E-state index contributed by atoms with van der Waals surface area (Å²) < 4.78 is 12.9. The van der Waals surface area contributed by atoms with Gasteiger partial charge in [0.15, 0.2) is 0 Å². The molecular formula is C21H24FN3O2S. The fourth-order valence-electron chi connectivity index (χ4n) is 3.24. The Morgan fingerprint density at radius 2 is 1.79 bits per heavy atom. The van der Waals surface area contributed by atoms with Crippen LogP contribution >= 0.6 is 11.8 Å². The van der Waals surface area contributed by atoms with Crippen LogP contribution in [-0.4, -0.2) is 42.6 Å². The second kappa shape index (κ2) is 9.71. The monoisotopic (exact) mass is 401 g/mol. The molecule has 148 valence electrons. The Morgan fingerprint density at radius 1 is 1.07 bits per heavy atom. The van der Waals surface area contributed by atoms with Gasteiger partial charge in [-0.15, -0.1) is 11.8 Å². The Bertz CT molecular complexity index is 821. The lowest BCUT2D eigenvalue weighted by Crippen LogP contribution is -2.41. The number of amides is 2. The molecule has 1 fully saturated rings. The van der Waals surface area contributed by atoms with E-state index in [9.17, 15) is 14.0 Å². The van der Waals surface area contributed by atoms with Crippen LogP contribution in [-0.2, 0) is 9.59 Å². The summed E-state index contributed by atoms with van der Waals surface area (Å²) in [5.41, 5.74) is 1.39. The fourth-order valence-corrected chi connectivity index (χ4v) is 3.69. The van der Waals surface area contributed by atoms with Gasteiger partial charge in [-0.25, -0.2) is 4.39 Å². The molecule has 0 aromatic heterocycles. The van der Waals surface area contributed by atoms with Gasteiger partial charge in [-0.2, -0.15) is 0 Å². The molecule has 0 spiro atoms. The van der Waals surface area contributed by atoms with Crippen molar-refractivity contribution in [3.8, 4) is 0 Å². The molecule has 5 nitrogen and oxygen atoms in total. The molecule has 3 rings (SSSR count). The lowest BCUT2D eigenvalue weighted by atomic mass is 9.96. The summed E-state index contributed by atoms with van der Waals surface area (Å²) in [6, 6.07) is 13.5. The van der Waals surface area contributed by atoms with Crippen LogP contribution in [0.3, 0.4) is 0 Å². The number of nitrogens with one attached hydrogen (secondary N) is 2. The fraction of sp³-hybridized carbons (Fsp3) is 0.333. The molecule has 0 radical (unpaired) electrons. The Balaban J connectivity index is 1.43. The Hall–Kier alpha value is -2.38. The van der Waals surface area contributed by atoms with E-state index in [4.69, 9.17) is 0 Å². The summed E-state index contributed by atoms with van der Waals surface area (Å²) in [5, 5.41) is 5.76. The van der Waals surface area contributed by atoms with Crippen molar-refractivity contribution in [1.82, 2.24) is 4.90 Å². The highest BCUT2D eigenvalue weighted by molar-refractivity contribution is 7.98. The van der Waals surface area contributed by atoms with Crippen molar-refractivity contribution in [2.75, 3.05) is 36.5 Å². The maximum absolute atomic E-state index is 12.9. The van der Waals surface area contributed by atoms with Gasteiger partial charge in [0.05, 0.1) is 6.54 Å². The number of anilines is 2. The molecule has 7 heteroatoms. The van der Waals surface area contributed by atoms with E-state index >= 15 is 0 Å². The van der Waals surface area contributed by atoms with Crippen molar-refractivity contribution >= 4 is 35.0 Å². The Labute approximate surface area is 168 Å². The van der Waals surface area contributed by atoms with Crippen LogP contribution in [0.1, 0.15) is 12.8 Å². The third-order valence-corrected chi connectivity index (χ3v) is 5.52. The maximum atomic E-state index is 12.9. The molecule has 1 heterocycles. The number of carbonyl (C=O) groups is 2. The number of likely N-dealkylation sites (tertiary alicyclic amines) is 1. The lowest BCUT2D eigenvalue weighted by Gasteiger charge is -2.30. The van der Waals surface area contributed by atoms with Gasteiger partial charge in [-0.1, -0.05) is 6.07 Å². The molecule has 0 saturated carbocycles. The first-order valence-electron chi connectivity index (χ1n) is 9.26. The van der Waals surface area contributed by atoms with Crippen molar-refractivity contribution < 1.29 is 14.0 Å². The number of nitrogens with zero attached hydrogens (tertiary/aromatic N) is 1. The van der Waals surface area contributed by atoms with E-state index in [1.54, 1.807) is 11.8 Å². The molecule has 2 aromatic carbocycles. The maximum Gasteiger partial charge on any atom is 0.238 e. The summed E-state index contributed by atoms with van der Waals surface area (Å²) >= 11 is 1.64. The highest BCUT2D eigenvalue weighted by Crippen LogP contribution is 2.22. The van der Waals surface area contributed by atoms with Crippen molar-refractivity contribution in [2.24, 2.45) is 5.92 Å². The second-order valence-corrected chi connectivity index (χ2v) is 7.71. The smallest absolute Gasteiger partial charge is 0.238 e. The van der Waals surface area contributed by atoms with Crippen molar-refractivity contribution in [3.63, 3.8) is 0 Å². The summed E-state index contributed by atoms with van der Waals surface area (Å²) in [5.74, 6) is -0.482. The van der Waals surface area contributed by atoms with Crippen LogP contribution < -0.4 is 10.6 Å². The van der Waals surface area contributed by atoms with E-state index in [0.717, 1.165) is 23.4 Å². The average Bonchev–Trinajstić information content (AvgIpc) is 2.70. The highest BCUT2D eigenvalue weighted by Gasteiger charge is 2.26. The number of hydrogen-bond acceptors (Lipinski definition) is 4. The molecular weight excluding hydrogens is 377 g/mol. The van der Waals surface area contributed by atoms with Crippen LogP contribution in [0.2, 0.25) is 0 Å². The molecule has 0 aliphatic carbocycles. The minimum atomic E-state index is -0.335. The van der Waals surface area contributed by atoms with E-state index in [-0.39, 0.29) is 30.1 Å². The minimum absolute atomic E-state index is 0.0358. The molecule has 1 saturated heterocycles. The zero-order valence-corrected chi connectivity index (χ0v) is 16.6. The Kier molecular flexibility index (Phi) is 7.06. The van der Waals surface area contributed by atoms with Gasteiger partial charge < -0.3 is 10.6 Å². The predicted molar refractivity (Wildman–Crippen MR) is 111 cm³/mol. The van der Waals surface area contributed by atoms with Crippen LogP contribution in [0.4, 0.5) is 15.8 Å². The number of rotatable bonds is 6. The molecule has 0 unspecified atom stereocenters. The number of carbonyl (C=O) groups excluding carboxylic acids is 2. The number of thioether (sulfide) groups is 1. The van der Waals surface area contributed by atoms with E-state index in [1.165, 1.54) is 24.3 Å². The van der Waals surface area contributed by atoms with Crippen LogP contribution in [0.5, 0.6) is 0 Å². The second-order valence-electron chi connectivity index (χ2n) is 6.83. The zero-order chi connectivity index (χ0) is 19.9. The summed E-state index contributed by atoms with van der Waals surface area (Å²) in [6.45, 7) is 1.65. The van der Waals surface area contributed by atoms with E-state index in [0.29, 0.717) is 18.8 Å². The summed E-state index contributed by atoms with van der Waals surface area (Å²) in [6.07, 6.45) is 3.44. The third-order valence-electron chi connectivity index (χ3n) is 4.79. The molecule has 1 aliphatic heterocycles. The first-order chi connectivity index (χ1) is 13.5. The SMILES string of the molecule is CSc1cccc(NC(=O)C2CCN(CC(=O)Nc3ccc(F)cc3)CC2)c1. The van der Waals surface area contributed by atoms with E-state index < -0.39 is 0 Å². The van der Waals surface area contributed by atoms with Crippen molar-refractivity contribution in [2.45, 2.75) is 17.7 Å². The van der Waals surface area contributed by atoms with Crippen LogP contribution in [0, 0.1) is 11.7 Å². The van der Waals surface area contributed by atoms with Gasteiger partial charge in [-0.3, -0.25) is 14.5 Å². The van der Waals surface area contributed by atoms with Gasteiger partial charge in [0.1, 0.15) is 5.82 Å². The normalized spacial score (nSPS) is 15.2. The zero-order valence-electron chi connectivity index (χ0n) is 15.8. The molecule has 0 bridgehead atoms. The first kappa shape index (κ1) is 20.4. The third kappa shape index (κ3) is 5.81. The van der Waals surface area contributed by atoms with Gasteiger partial charge >= 0.3 is 0 Å². The van der Waals surface area contributed by atoms with Crippen molar-refractivity contribution in [3.05, 3.63) is 54.3 Å². The molecule has 2 aromatic rings. The molecule has 1 aliphatic rings. The summed E-state index contributed by atoms with van der Waals surface area (Å²) in [4.78, 5) is 27.8. The van der Waals surface area contributed by atoms with Gasteiger partial charge in [0.25, 0.3) is 0 Å². The molecule has 0 atom stereocenters. The molecule has 2 N–H and O–H groups in total. The molecule has 2 amide bonds. The van der Waals surface area contributed by atoms with Gasteiger partial charge in [-0.05, 0) is 74.7 Å². The average molecular weight is 402 g/mol. The number of hydrogen-bond donors (Lipinski definition) is 2. The van der Waals surface area contributed by atoms with Crippen LogP contribution in [0.25, 0.3) is 0 Å². The van der Waals surface area contributed by atoms with E-state index in [2.05, 4.69) is 10.6 Å². The van der Waals surface area contributed by atoms with E-state index in [1.807, 2.05) is 35.4 Å². The van der Waals surface area contributed by atoms with Crippen molar-refractivity contribution in [1.29, 1.82) is 0 Å². The lowest BCUT2D eigenvalue weighted by molar-refractivity contribution is -0.121. The highest BCUT2D eigenvalue weighted by atomic mass is 32.2. The topological polar surface area (TPSA) is 61.4 Å². The van der Waals surface area contributed by atoms with Gasteiger partial charge in [0, 0.05) is 22.2 Å². The summed E-state index contributed by atoms with van der Waals surface area (Å²) in [7, 11) is 0. The quantitative estimate of drug-likeness (QED) is 0.722. The van der Waals surface area contributed by atoms with Crippen LogP contribution in [0.15, 0.2) is 53.4 Å². The number of piperidine rings is 1. The predicted octanol–water partition coefficient (Wildman–Crippen LogP) is 3.84. The molecule has 28 heavy (non-hydrogen) atoms. The Morgan fingerprint density at radius 3 is 2.46 bits per heavy atom. The number of benzene rings is 2. The largest absolute Gasteiger partial charge is 0.326 e.